The lowest BCUT2D eigenvalue weighted by molar-refractivity contribution is 0.0512. The molecule has 4 fully saturated rings. The zero-order valence-electron chi connectivity index (χ0n) is 26.3. The molecule has 4 aliphatic rings. The van der Waals surface area contributed by atoms with Crippen molar-refractivity contribution in [3.8, 4) is 22.9 Å². The minimum atomic E-state index is -0.899. The predicted molar refractivity (Wildman–Crippen MR) is 177 cm³/mol. The Hall–Kier alpha value is -3.93. The normalized spacial score (nSPS) is 21.9. The number of carbonyl (C=O) groups is 1. The predicted octanol–water partition coefficient (Wildman–Crippen LogP) is 6.56. The van der Waals surface area contributed by atoms with E-state index in [-0.39, 0.29) is 35.9 Å². The summed E-state index contributed by atoms with van der Waals surface area (Å²) in [5, 5.41) is 12.4. The number of piperazine rings is 1. The standard InChI is InChI=1S/C35H37ClFN5O5/c1-45-20-47-24-15-21-5-2-6-28(36)29(21)27(16-24)25-9-10-26-31(30(25)37)38-33(46-19-35-11-3-13-41(35)14-4-12-35)39-32(26)40-17-22-7-8-23(18-40)42(22)34(43)44/h2,5-6,9-10,15-16,22-23H,3-4,7-8,11-14,17-20H2,1H3,(H,43,44)/t22-,23+. The van der Waals surface area contributed by atoms with Gasteiger partial charge in [0, 0.05) is 41.6 Å². The molecule has 4 saturated heterocycles. The average Bonchev–Trinajstić information content (AvgIpc) is 3.73. The topological polar surface area (TPSA) is 100 Å². The van der Waals surface area contributed by atoms with Crippen LogP contribution in [-0.4, -0.2) is 95.3 Å². The number of ether oxygens (including phenoxy) is 3. The zero-order valence-corrected chi connectivity index (χ0v) is 27.0. The minimum Gasteiger partial charge on any atom is -0.468 e. The second kappa shape index (κ2) is 11.9. The molecular formula is C35H37ClFN5O5. The van der Waals surface area contributed by atoms with E-state index in [1.54, 1.807) is 30.2 Å². The third-order valence-corrected chi connectivity index (χ3v) is 10.9. The lowest BCUT2D eigenvalue weighted by atomic mass is 9.95. The average molecular weight is 662 g/mol. The Labute approximate surface area is 277 Å². The molecule has 10 nitrogen and oxygen atoms in total. The molecule has 12 heteroatoms. The van der Waals surface area contributed by atoms with Crippen molar-refractivity contribution in [2.75, 3.05) is 51.6 Å². The Bertz CT molecular complexity index is 1850. The van der Waals surface area contributed by atoms with E-state index in [0.717, 1.165) is 57.0 Å². The molecule has 8 rings (SSSR count). The van der Waals surface area contributed by atoms with E-state index in [0.29, 0.717) is 58.2 Å². The molecule has 4 aromatic rings. The minimum absolute atomic E-state index is 0.0383. The molecule has 0 spiro atoms. The van der Waals surface area contributed by atoms with Gasteiger partial charge in [-0.1, -0.05) is 29.8 Å². The summed E-state index contributed by atoms with van der Waals surface area (Å²) >= 11 is 6.72. The van der Waals surface area contributed by atoms with Gasteiger partial charge in [-0.2, -0.15) is 9.97 Å². The van der Waals surface area contributed by atoms with E-state index in [1.165, 1.54) is 0 Å². The lowest BCUT2D eigenvalue weighted by Gasteiger charge is -2.40. The number of aromatic nitrogens is 2. The maximum absolute atomic E-state index is 17.0. The highest BCUT2D eigenvalue weighted by molar-refractivity contribution is 6.36. The number of rotatable bonds is 8. The molecule has 1 amide bonds. The largest absolute Gasteiger partial charge is 0.468 e. The van der Waals surface area contributed by atoms with Gasteiger partial charge < -0.3 is 24.2 Å². The molecule has 2 atom stereocenters. The van der Waals surface area contributed by atoms with Crippen LogP contribution < -0.4 is 14.4 Å². The zero-order chi connectivity index (χ0) is 32.3. The summed E-state index contributed by atoms with van der Waals surface area (Å²) in [6.45, 7) is 3.54. The van der Waals surface area contributed by atoms with Crippen LogP contribution in [0.3, 0.4) is 0 Å². The van der Waals surface area contributed by atoms with Crippen LogP contribution in [0, 0.1) is 5.82 Å². The van der Waals surface area contributed by atoms with Gasteiger partial charge in [-0.15, -0.1) is 0 Å². The van der Waals surface area contributed by atoms with Gasteiger partial charge in [0.15, 0.2) is 12.6 Å². The van der Waals surface area contributed by atoms with Crippen molar-refractivity contribution in [2.45, 2.75) is 56.1 Å². The smallest absolute Gasteiger partial charge is 0.407 e. The van der Waals surface area contributed by atoms with Crippen LogP contribution >= 0.6 is 11.6 Å². The van der Waals surface area contributed by atoms with Gasteiger partial charge in [0.1, 0.15) is 23.7 Å². The maximum Gasteiger partial charge on any atom is 0.407 e. The molecule has 1 N–H and O–H groups in total. The number of hydrogen-bond acceptors (Lipinski definition) is 8. The number of anilines is 1. The number of fused-ring (bicyclic) bond motifs is 5. The lowest BCUT2D eigenvalue weighted by Crippen LogP contribution is -2.55. The van der Waals surface area contributed by atoms with Gasteiger partial charge in [0.2, 0.25) is 0 Å². The monoisotopic (exact) mass is 661 g/mol. The Morgan fingerprint density at radius 3 is 2.53 bits per heavy atom. The van der Waals surface area contributed by atoms with Crippen LogP contribution in [0.25, 0.3) is 32.8 Å². The first kappa shape index (κ1) is 30.4. The van der Waals surface area contributed by atoms with Crippen molar-refractivity contribution in [1.29, 1.82) is 0 Å². The molecule has 5 heterocycles. The van der Waals surface area contributed by atoms with Crippen LogP contribution in [0.4, 0.5) is 15.0 Å². The number of halogens is 2. The highest BCUT2D eigenvalue weighted by atomic mass is 35.5. The van der Waals surface area contributed by atoms with Gasteiger partial charge in [0.25, 0.3) is 0 Å². The molecule has 1 aromatic heterocycles. The van der Waals surface area contributed by atoms with Crippen LogP contribution in [0.15, 0.2) is 42.5 Å². The molecule has 0 saturated carbocycles. The fourth-order valence-electron chi connectivity index (χ4n) is 8.46. The summed E-state index contributed by atoms with van der Waals surface area (Å²) in [4.78, 5) is 27.8. The molecular weight excluding hydrogens is 625 g/mol. The van der Waals surface area contributed by atoms with Crippen molar-refractivity contribution >= 4 is 45.2 Å². The van der Waals surface area contributed by atoms with Crippen LogP contribution in [0.5, 0.6) is 11.8 Å². The number of carboxylic acid groups (broad SMARTS) is 1. The van der Waals surface area contributed by atoms with Crippen LogP contribution in [-0.2, 0) is 4.74 Å². The Morgan fingerprint density at radius 1 is 1.04 bits per heavy atom. The van der Waals surface area contributed by atoms with E-state index in [4.69, 9.17) is 35.8 Å². The number of nitrogens with zero attached hydrogens (tertiary/aromatic N) is 5. The highest BCUT2D eigenvalue weighted by Gasteiger charge is 2.46. The molecule has 3 aromatic carbocycles. The summed E-state index contributed by atoms with van der Waals surface area (Å²) in [7, 11) is 1.54. The third kappa shape index (κ3) is 5.19. The molecule has 2 bridgehead atoms. The van der Waals surface area contributed by atoms with Gasteiger partial charge >= 0.3 is 12.1 Å². The van der Waals surface area contributed by atoms with E-state index in [1.807, 2.05) is 24.3 Å². The third-order valence-electron chi connectivity index (χ3n) is 10.6. The van der Waals surface area contributed by atoms with Gasteiger partial charge in [-0.3, -0.25) is 9.80 Å². The van der Waals surface area contributed by atoms with Crippen molar-refractivity contribution in [1.82, 2.24) is 19.8 Å². The Morgan fingerprint density at radius 2 is 1.81 bits per heavy atom. The summed E-state index contributed by atoms with van der Waals surface area (Å²) in [5.74, 6) is 0.562. The SMILES string of the molecule is COCOc1cc(-c2ccc3c(N4C[C@H]5CC[C@@H](C4)N5C(=O)O)nc(OCC45CCCN4CCC5)nc3c2F)c2c(Cl)cccc2c1. The summed E-state index contributed by atoms with van der Waals surface area (Å²) in [6.07, 6.45) is 5.04. The van der Waals surface area contributed by atoms with E-state index in [9.17, 15) is 9.90 Å². The van der Waals surface area contributed by atoms with Crippen molar-refractivity contribution in [3.05, 3.63) is 53.3 Å². The van der Waals surface area contributed by atoms with E-state index in [2.05, 4.69) is 9.80 Å². The Kier molecular flexibility index (Phi) is 7.73. The highest BCUT2D eigenvalue weighted by Crippen LogP contribution is 2.43. The quantitative estimate of drug-likeness (QED) is 0.210. The maximum atomic E-state index is 17.0. The molecule has 0 radical (unpaired) electrons. The van der Waals surface area contributed by atoms with Gasteiger partial charge in [-0.25, -0.2) is 9.18 Å². The number of methoxy groups -OCH3 is 1. The van der Waals surface area contributed by atoms with Crippen molar-refractivity contribution in [2.24, 2.45) is 0 Å². The van der Waals surface area contributed by atoms with Crippen molar-refractivity contribution in [3.63, 3.8) is 0 Å². The second-order valence-corrected chi connectivity index (χ2v) is 13.6. The molecule has 0 unspecified atom stereocenters. The van der Waals surface area contributed by atoms with Crippen LogP contribution in [0.2, 0.25) is 5.02 Å². The second-order valence-electron chi connectivity index (χ2n) is 13.2. The fraction of sp³-hybridized carbons (Fsp3) is 0.457. The van der Waals surface area contributed by atoms with Crippen molar-refractivity contribution < 1.29 is 28.5 Å². The van der Waals surface area contributed by atoms with E-state index >= 15 is 4.39 Å². The summed E-state index contributed by atoms with van der Waals surface area (Å²) < 4.78 is 34.4. The molecule has 4 aliphatic heterocycles. The number of amides is 1. The Balaban J connectivity index is 1.25. The fourth-order valence-corrected chi connectivity index (χ4v) is 8.75. The first-order valence-corrected chi connectivity index (χ1v) is 16.7. The molecule has 47 heavy (non-hydrogen) atoms. The number of hydrogen-bond donors (Lipinski definition) is 1. The molecule has 246 valence electrons. The first-order chi connectivity index (χ1) is 22.8. The molecule has 0 aliphatic carbocycles. The first-order valence-electron chi connectivity index (χ1n) is 16.3. The van der Waals surface area contributed by atoms with Gasteiger partial charge in [-0.05, 0) is 86.8 Å². The van der Waals surface area contributed by atoms with E-state index < -0.39 is 11.9 Å². The summed E-state index contributed by atoms with van der Waals surface area (Å²) in [6, 6.07) is 12.6. The van der Waals surface area contributed by atoms with Crippen LogP contribution in [0.1, 0.15) is 38.5 Å². The number of benzene rings is 3. The summed E-state index contributed by atoms with van der Waals surface area (Å²) in [5.41, 5.74) is 0.997. The van der Waals surface area contributed by atoms with Gasteiger partial charge in [0.05, 0.1) is 17.6 Å².